The van der Waals surface area contributed by atoms with Gasteiger partial charge in [-0.3, -0.25) is 9.78 Å². The zero-order valence-electron chi connectivity index (χ0n) is 13.1. The maximum absolute atomic E-state index is 12.7. The number of benzene rings is 1. The molecule has 23 heavy (non-hydrogen) atoms. The zero-order valence-corrected chi connectivity index (χ0v) is 13.1. The first-order valence-corrected chi connectivity index (χ1v) is 8.24. The van der Waals surface area contributed by atoms with E-state index in [2.05, 4.69) is 11.1 Å². The number of rotatable bonds is 3. The van der Waals surface area contributed by atoms with E-state index < -0.39 is 0 Å². The highest BCUT2D eigenvalue weighted by Gasteiger charge is 2.28. The monoisotopic (exact) mass is 308 g/mol. The Balaban J connectivity index is 1.42. The molecule has 118 valence electrons. The predicted octanol–water partition coefficient (Wildman–Crippen LogP) is 2.72. The smallest absolute Gasteiger partial charge is 0.253 e. The van der Waals surface area contributed by atoms with Crippen molar-refractivity contribution in [3.05, 3.63) is 59.4 Å². The lowest BCUT2D eigenvalue weighted by atomic mass is 10.0. The molecule has 4 nitrogen and oxygen atoms in total. The van der Waals surface area contributed by atoms with Gasteiger partial charge in [-0.05, 0) is 54.7 Å². The molecule has 2 aliphatic heterocycles. The topological polar surface area (TPSA) is 42.4 Å². The Labute approximate surface area is 136 Å². The molecule has 4 rings (SSSR count). The highest BCUT2D eigenvalue weighted by Crippen LogP contribution is 2.28. The Morgan fingerprint density at radius 3 is 3.13 bits per heavy atom. The second-order valence-electron chi connectivity index (χ2n) is 6.35. The van der Waals surface area contributed by atoms with Crippen molar-refractivity contribution in [3.63, 3.8) is 0 Å². The van der Waals surface area contributed by atoms with Crippen molar-refractivity contribution in [2.45, 2.75) is 19.3 Å². The largest absolute Gasteiger partial charge is 0.493 e. The average Bonchev–Trinajstić information content (AvgIpc) is 3.23. The highest BCUT2D eigenvalue weighted by molar-refractivity contribution is 5.94. The van der Waals surface area contributed by atoms with Crippen molar-refractivity contribution in [2.75, 3.05) is 19.7 Å². The quantitative estimate of drug-likeness (QED) is 0.875. The summed E-state index contributed by atoms with van der Waals surface area (Å²) in [4.78, 5) is 19.1. The summed E-state index contributed by atoms with van der Waals surface area (Å²) in [5, 5.41) is 0. The lowest BCUT2D eigenvalue weighted by Gasteiger charge is -2.17. The van der Waals surface area contributed by atoms with Crippen molar-refractivity contribution >= 4 is 5.91 Å². The Hall–Kier alpha value is -2.36. The summed E-state index contributed by atoms with van der Waals surface area (Å²) in [6.45, 7) is 2.38. The van der Waals surface area contributed by atoms with Gasteiger partial charge in [-0.15, -0.1) is 0 Å². The fourth-order valence-electron chi connectivity index (χ4n) is 3.50. The SMILES string of the molecule is O=C(c1ccc2c(c1)CCO2)N1CCC(Cc2ccccn2)C1. The van der Waals surface area contributed by atoms with E-state index in [0.717, 1.165) is 61.5 Å². The van der Waals surface area contributed by atoms with Crippen LogP contribution in [-0.2, 0) is 12.8 Å². The molecule has 1 saturated heterocycles. The number of amides is 1. The zero-order chi connectivity index (χ0) is 15.6. The van der Waals surface area contributed by atoms with Crippen molar-refractivity contribution in [1.29, 1.82) is 0 Å². The minimum absolute atomic E-state index is 0.142. The molecule has 3 heterocycles. The number of carbonyl (C=O) groups excluding carboxylic acids is 1. The van der Waals surface area contributed by atoms with E-state index in [1.807, 2.05) is 41.4 Å². The van der Waals surface area contributed by atoms with Gasteiger partial charge in [0.15, 0.2) is 0 Å². The second kappa shape index (κ2) is 6.03. The molecule has 0 N–H and O–H groups in total. The summed E-state index contributed by atoms with van der Waals surface area (Å²) in [7, 11) is 0. The van der Waals surface area contributed by atoms with Crippen LogP contribution >= 0.6 is 0 Å². The number of pyridine rings is 1. The van der Waals surface area contributed by atoms with Gasteiger partial charge in [-0.25, -0.2) is 0 Å². The summed E-state index contributed by atoms with van der Waals surface area (Å²) >= 11 is 0. The first kappa shape index (κ1) is 14.2. The lowest BCUT2D eigenvalue weighted by Crippen LogP contribution is -2.29. The molecule has 0 spiro atoms. The van der Waals surface area contributed by atoms with Gasteiger partial charge in [0.25, 0.3) is 5.91 Å². The van der Waals surface area contributed by atoms with Gasteiger partial charge in [0.05, 0.1) is 6.61 Å². The van der Waals surface area contributed by atoms with Crippen molar-refractivity contribution in [2.24, 2.45) is 5.92 Å². The number of hydrogen-bond donors (Lipinski definition) is 0. The van der Waals surface area contributed by atoms with Gasteiger partial charge in [0, 0.05) is 37.0 Å². The number of fused-ring (bicyclic) bond motifs is 1. The molecule has 1 aromatic carbocycles. The standard InChI is InChI=1S/C19H20N2O2/c22-19(16-4-5-18-15(12-16)7-10-23-18)21-9-6-14(13-21)11-17-3-1-2-8-20-17/h1-5,8,12,14H,6-7,9-11,13H2. The van der Waals surface area contributed by atoms with Crippen molar-refractivity contribution in [1.82, 2.24) is 9.88 Å². The molecule has 1 amide bonds. The van der Waals surface area contributed by atoms with E-state index in [0.29, 0.717) is 5.92 Å². The summed E-state index contributed by atoms with van der Waals surface area (Å²) < 4.78 is 5.51. The fraction of sp³-hybridized carbons (Fsp3) is 0.368. The van der Waals surface area contributed by atoms with E-state index in [-0.39, 0.29) is 5.91 Å². The van der Waals surface area contributed by atoms with E-state index in [9.17, 15) is 4.79 Å². The number of ether oxygens (including phenoxy) is 1. The van der Waals surface area contributed by atoms with Gasteiger partial charge in [-0.1, -0.05) is 6.07 Å². The van der Waals surface area contributed by atoms with Crippen LogP contribution in [0.3, 0.4) is 0 Å². The van der Waals surface area contributed by atoms with Gasteiger partial charge < -0.3 is 9.64 Å². The average molecular weight is 308 g/mol. The van der Waals surface area contributed by atoms with Gasteiger partial charge in [-0.2, -0.15) is 0 Å². The van der Waals surface area contributed by atoms with Crippen LogP contribution in [0.25, 0.3) is 0 Å². The van der Waals surface area contributed by atoms with Crippen LogP contribution in [0.2, 0.25) is 0 Å². The minimum atomic E-state index is 0.142. The normalized spacial score (nSPS) is 19.5. The number of nitrogens with zero attached hydrogens (tertiary/aromatic N) is 2. The predicted molar refractivity (Wildman–Crippen MR) is 87.6 cm³/mol. The molecule has 1 fully saturated rings. The third-order valence-electron chi connectivity index (χ3n) is 4.73. The van der Waals surface area contributed by atoms with Crippen LogP contribution in [0.5, 0.6) is 5.75 Å². The maximum Gasteiger partial charge on any atom is 0.253 e. The van der Waals surface area contributed by atoms with Crippen LogP contribution in [0.15, 0.2) is 42.6 Å². The molecule has 4 heteroatoms. The molecule has 1 aromatic heterocycles. The Morgan fingerprint density at radius 1 is 1.30 bits per heavy atom. The van der Waals surface area contributed by atoms with Gasteiger partial charge in [0.1, 0.15) is 5.75 Å². The number of carbonyl (C=O) groups is 1. The fourth-order valence-corrected chi connectivity index (χ4v) is 3.50. The second-order valence-corrected chi connectivity index (χ2v) is 6.35. The molecular weight excluding hydrogens is 288 g/mol. The minimum Gasteiger partial charge on any atom is -0.493 e. The van der Waals surface area contributed by atoms with Crippen LogP contribution in [0, 0.1) is 5.92 Å². The first-order valence-electron chi connectivity index (χ1n) is 8.24. The molecule has 0 radical (unpaired) electrons. The maximum atomic E-state index is 12.7. The van der Waals surface area contributed by atoms with Crippen LogP contribution in [0.4, 0.5) is 0 Å². The van der Waals surface area contributed by atoms with Crippen LogP contribution in [0.1, 0.15) is 28.0 Å². The summed E-state index contributed by atoms with van der Waals surface area (Å²) in [5.74, 6) is 1.57. The third kappa shape index (κ3) is 2.93. The highest BCUT2D eigenvalue weighted by atomic mass is 16.5. The summed E-state index contributed by atoms with van der Waals surface area (Å²) in [5.41, 5.74) is 3.05. The molecule has 1 unspecified atom stereocenters. The van der Waals surface area contributed by atoms with Crippen molar-refractivity contribution < 1.29 is 9.53 Å². The van der Waals surface area contributed by atoms with E-state index in [4.69, 9.17) is 4.74 Å². The number of aromatic nitrogens is 1. The molecule has 1 atom stereocenters. The van der Waals surface area contributed by atoms with Crippen LogP contribution in [-0.4, -0.2) is 35.5 Å². The Morgan fingerprint density at radius 2 is 2.26 bits per heavy atom. The molecule has 0 bridgehead atoms. The molecule has 0 aliphatic carbocycles. The van der Waals surface area contributed by atoms with Gasteiger partial charge >= 0.3 is 0 Å². The molecule has 0 saturated carbocycles. The molecule has 2 aliphatic rings. The summed E-state index contributed by atoms with van der Waals surface area (Å²) in [6.07, 6.45) is 4.73. The number of hydrogen-bond acceptors (Lipinski definition) is 3. The van der Waals surface area contributed by atoms with E-state index in [1.165, 1.54) is 0 Å². The lowest BCUT2D eigenvalue weighted by molar-refractivity contribution is 0.0787. The Kier molecular flexibility index (Phi) is 3.74. The molecule has 2 aromatic rings. The van der Waals surface area contributed by atoms with E-state index >= 15 is 0 Å². The van der Waals surface area contributed by atoms with Gasteiger partial charge in [0.2, 0.25) is 0 Å². The first-order chi connectivity index (χ1) is 11.3. The van der Waals surface area contributed by atoms with E-state index in [1.54, 1.807) is 0 Å². The number of likely N-dealkylation sites (tertiary alicyclic amines) is 1. The van der Waals surface area contributed by atoms with Crippen LogP contribution < -0.4 is 4.74 Å². The van der Waals surface area contributed by atoms with Crippen molar-refractivity contribution in [3.8, 4) is 5.75 Å². The molecular formula is C19H20N2O2. The summed E-state index contributed by atoms with van der Waals surface area (Å²) in [6, 6.07) is 11.8. The Bertz CT molecular complexity index is 715. The third-order valence-corrected chi connectivity index (χ3v) is 4.73.